The lowest BCUT2D eigenvalue weighted by Gasteiger charge is -2.09. The number of aryl methyl sites for hydroxylation is 1. The van der Waals surface area contributed by atoms with Gasteiger partial charge in [0.15, 0.2) is 0 Å². The molecular weight excluding hydrogens is 350 g/mol. The average molecular weight is 369 g/mol. The minimum Gasteiger partial charge on any atom is -0.487 e. The Labute approximate surface area is 155 Å². The Morgan fingerprint density at radius 3 is 2.50 bits per heavy atom. The number of aromatic nitrogens is 1. The van der Waals surface area contributed by atoms with Gasteiger partial charge in [-0.25, -0.2) is 0 Å². The van der Waals surface area contributed by atoms with Gasteiger partial charge in [-0.1, -0.05) is 36.9 Å². The zero-order valence-corrected chi connectivity index (χ0v) is 15.1. The van der Waals surface area contributed by atoms with E-state index in [9.17, 15) is 9.59 Å². The Balaban J connectivity index is 1.53. The van der Waals surface area contributed by atoms with Crippen molar-refractivity contribution in [3.63, 3.8) is 0 Å². The highest BCUT2D eigenvalue weighted by Gasteiger charge is 2.31. The molecule has 26 heavy (non-hydrogen) atoms. The summed E-state index contributed by atoms with van der Waals surface area (Å²) in [7, 11) is 0. The molecule has 1 saturated heterocycles. The number of benzene rings is 1. The van der Waals surface area contributed by atoms with E-state index in [1.54, 1.807) is 18.3 Å². The molecule has 2 amide bonds. The van der Waals surface area contributed by atoms with Crippen LogP contribution in [0.25, 0.3) is 0 Å². The van der Waals surface area contributed by atoms with Crippen LogP contribution in [0.3, 0.4) is 0 Å². The first-order valence-electron chi connectivity index (χ1n) is 8.31. The lowest BCUT2D eigenvalue weighted by atomic mass is 10.1. The second-order valence-electron chi connectivity index (χ2n) is 5.90. The van der Waals surface area contributed by atoms with Crippen LogP contribution >= 0.6 is 11.8 Å². The number of hydrogen-bond acceptors (Lipinski definition) is 6. The normalized spacial score (nSPS) is 16.4. The third-order valence-electron chi connectivity index (χ3n) is 4.04. The van der Waals surface area contributed by atoms with Crippen LogP contribution in [0.15, 0.2) is 42.6 Å². The van der Waals surface area contributed by atoms with E-state index in [1.165, 1.54) is 0 Å². The summed E-state index contributed by atoms with van der Waals surface area (Å²) in [6, 6.07) is 11.1. The van der Waals surface area contributed by atoms with E-state index in [0.717, 1.165) is 29.3 Å². The highest BCUT2D eigenvalue weighted by atomic mass is 32.2. The molecule has 2 N–H and O–H groups in total. The third kappa shape index (κ3) is 4.49. The zero-order valence-electron chi connectivity index (χ0n) is 14.3. The predicted octanol–water partition coefficient (Wildman–Crippen LogP) is 2.98. The van der Waals surface area contributed by atoms with E-state index in [1.807, 2.05) is 24.3 Å². The van der Waals surface area contributed by atoms with Gasteiger partial charge in [0.05, 0.1) is 16.7 Å². The van der Waals surface area contributed by atoms with Crippen LogP contribution in [-0.2, 0) is 17.6 Å². The van der Waals surface area contributed by atoms with Gasteiger partial charge in [-0.3, -0.25) is 25.3 Å². The number of rotatable bonds is 7. The first-order valence-corrected chi connectivity index (χ1v) is 9.19. The highest BCUT2D eigenvalue weighted by Crippen LogP contribution is 2.23. The first kappa shape index (κ1) is 18.1. The number of pyridine rings is 1. The fourth-order valence-electron chi connectivity index (χ4n) is 2.51. The summed E-state index contributed by atoms with van der Waals surface area (Å²) in [5, 5.41) is 9.69. The molecule has 0 radical (unpaired) electrons. The van der Waals surface area contributed by atoms with Gasteiger partial charge in [0.25, 0.3) is 5.24 Å². The topological polar surface area (TPSA) is 92.1 Å². The highest BCUT2D eigenvalue weighted by molar-refractivity contribution is 8.15. The summed E-state index contributed by atoms with van der Waals surface area (Å²) in [6.07, 6.45) is 3.19. The molecule has 0 aliphatic carbocycles. The minimum atomic E-state index is -0.375. The standard InChI is InChI=1S/C19H19N3O3S/c1-2-12-5-8-16(21-10-12)15(20)11-25-14-6-3-13(4-7-14)9-17-18(23)22-19(24)26-17/h3-8,10,17,20H,2,9,11H2,1H3,(H,22,23,24). The fraction of sp³-hybridized carbons (Fsp3) is 0.263. The molecule has 1 aliphatic heterocycles. The number of imide groups is 1. The number of amides is 2. The molecule has 0 spiro atoms. The molecule has 1 atom stereocenters. The Morgan fingerprint density at radius 2 is 1.92 bits per heavy atom. The maximum Gasteiger partial charge on any atom is 0.286 e. The third-order valence-corrected chi connectivity index (χ3v) is 5.02. The quantitative estimate of drug-likeness (QED) is 0.732. The van der Waals surface area contributed by atoms with Crippen molar-refractivity contribution in [1.82, 2.24) is 10.3 Å². The van der Waals surface area contributed by atoms with Gasteiger partial charge >= 0.3 is 0 Å². The van der Waals surface area contributed by atoms with Crippen LogP contribution in [0, 0.1) is 5.41 Å². The number of nitrogens with zero attached hydrogens (tertiary/aromatic N) is 1. The zero-order chi connectivity index (χ0) is 18.5. The average Bonchev–Trinajstić information content (AvgIpc) is 2.98. The van der Waals surface area contributed by atoms with Crippen molar-refractivity contribution < 1.29 is 14.3 Å². The lowest BCUT2D eigenvalue weighted by Crippen LogP contribution is -2.25. The van der Waals surface area contributed by atoms with E-state index in [2.05, 4.69) is 17.2 Å². The Kier molecular flexibility index (Phi) is 5.68. The summed E-state index contributed by atoms with van der Waals surface area (Å²) in [6.45, 7) is 2.19. The van der Waals surface area contributed by atoms with Gasteiger partial charge in [0, 0.05) is 6.20 Å². The number of hydrogen-bond donors (Lipinski definition) is 2. The summed E-state index contributed by atoms with van der Waals surface area (Å²) >= 11 is 1.02. The molecule has 1 aromatic carbocycles. The van der Waals surface area contributed by atoms with Crippen molar-refractivity contribution in [2.24, 2.45) is 0 Å². The van der Waals surface area contributed by atoms with Gasteiger partial charge in [-0.2, -0.15) is 0 Å². The summed E-state index contributed by atoms with van der Waals surface area (Å²) in [4.78, 5) is 27.1. The number of carbonyl (C=O) groups is 2. The summed E-state index contributed by atoms with van der Waals surface area (Å²) in [5.41, 5.74) is 3.00. The monoisotopic (exact) mass is 369 g/mol. The predicted molar refractivity (Wildman–Crippen MR) is 101 cm³/mol. The van der Waals surface area contributed by atoms with Crippen LogP contribution in [0.1, 0.15) is 23.7 Å². The molecular formula is C19H19N3O3S. The van der Waals surface area contributed by atoms with Gasteiger partial charge in [0.1, 0.15) is 12.4 Å². The van der Waals surface area contributed by atoms with E-state index in [-0.39, 0.29) is 23.0 Å². The SMILES string of the molecule is CCc1ccc(C(=N)COc2ccc(CC3SC(=O)NC3=O)cc2)nc1. The van der Waals surface area contributed by atoms with Crippen LogP contribution in [0.4, 0.5) is 4.79 Å². The van der Waals surface area contributed by atoms with Crippen molar-refractivity contribution in [2.75, 3.05) is 6.61 Å². The second-order valence-corrected chi connectivity index (χ2v) is 7.08. The van der Waals surface area contributed by atoms with Crippen LogP contribution in [-0.4, -0.2) is 33.7 Å². The molecule has 134 valence electrons. The maximum absolute atomic E-state index is 11.6. The molecule has 7 heteroatoms. The Morgan fingerprint density at radius 1 is 1.19 bits per heavy atom. The Bertz CT molecular complexity index is 819. The number of nitrogens with one attached hydrogen (secondary N) is 2. The van der Waals surface area contributed by atoms with Crippen LogP contribution in [0.2, 0.25) is 0 Å². The van der Waals surface area contributed by atoms with Gasteiger partial charge in [-0.15, -0.1) is 0 Å². The molecule has 0 bridgehead atoms. The van der Waals surface area contributed by atoms with Crippen LogP contribution in [0.5, 0.6) is 5.75 Å². The summed E-state index contributed by atoms with van der Waals surface area (Å²) in [5.74, 6) is 0.402. The van der Waals surface area contributed by atoms with E-state index in [0.29, 0.717) is 23.6 Å². The van der Waals surface area contributed by atoms with Crippen molar-refractivity contribution in [1.29, 1.82) is 5.41 Å². The molecule has 0 saturated carbocycles. The fourth-order valence-corrected chi connectivity index (χ4v) is 3.36. The van der Waals surface area contributed by atoms with Gasteiger partial charge < -0.3 is 4.74 Å². The Hall–Kier alpha value is -2.67. The molecule has 3 rings (SSSR count). The second kappa shape index (κ2) is 8.14. The molecule has 6 nitrogen and oxygen atoms in total. The molecule has 1 aromatic heterocycles. The number of ether oxygens (including phenoxy) is 1. The van der Waals surface area contributed by atoms with Gasteiger partial charge in [0.2, 0.25) is 5.91 Å². The van der Waals surface area contributed by atoms with Crippen molar-refractivity contribution in [2.45, 2.75) is 25.0 Å². The van der Waals surface area contributed by atoms with Crippen molar-refractivity contribution >= 4 is 28.6 Å². The van der Waals surface area contributed by atoms with Gasteiger partial charge in [-0.05, 0) is 42.2 Å². The van der Waals surface area contributed by atoms with E-state index < -0.39 is 0 Å². The van der Waals surface area contributed by atoms with E-state index >= 15 is 0 Å². The van der Waals surface area contributed by atoms with E-state index in [4.69, 9.17) is 10.1 Å². The smallest absolute Gasteiger partial charge is 0.286 e. The minimum absolute atomic E-state index is 0.132. The molecule has 1 aliphatic rings. The first-order chi connectivity index (χ1) is 12.5. The van der Waals surface area contributed by atoms with Crippen LogP contribution < -0.4 is 10.1 Å². The molecule has 2 heterocycles. The van der Waals surface area contributed by atoms with Crippen molar-refractivity contribution in [3.05, 3.63) is 59.4 Å². The number of carbonyl (C=O) groups excluding carboxylic acids is 2. The molecule has 1 fully saturated rings. The van der Waals surface area contributed by atoms with Crippen molar-refractivity contribution in [3.8, 4) is 5.75 Å². The maximum atomic E-state index is 11.6. The molecule has 1 unspecified atom stereocenters. The molecule has 2 aromatic rings. The lowest BCUT2D eigenvalue weighted by molar-refractivity contribution is -0.118. The summed E-state index contributed by atoms with van der Waals surface area (Å²) < 4.78 is 5.64. The largest absolute Gasteiger partial charge is 0.487 e. The number of thioether (sulfide) groups is 1.